The summed E-state index contributed by atoms with van der Waals surface area (Å²) in [6.07, 6.45) is 0.963. The quantitative estimate of drug-likeness (QED) is 0.898. The van der Waals surface area contributed by atoms with Crippen molar-refractivity contribution in [3.8, 4) is 5.75 Å². The van der Waals surface area contributed by atoms with E-state index in [1.54, 1.807) is 0 Å². The predicted octanol–water partition coefficient (Wildman–Crippen LogP) is 4.51. The third-order valence-electron chi connectivity index (χ3n) is 3.98. The number of halogens is 2. The molecule has 2 aromatic rings. The summed E-state index contributed by atoms with van der Waals surface area (Å²) in [7, 11) is 1.95. The lowest BCUT2D eigenvalue weighted by atomic mass is 9.86. The molecule has 1 heterocycles. The van der Waals surface area contributed by atoms with Crippen LogP contribution in [-0.4, -0.2) is 13.7 Å². The monoisotopic (exact) mass is 321 g/mol. The molecule has 0 aromatic heterocycles. The van der Waals surface area contributed by atoms with Gasteiger partial charge in [-0.15, -0.1) is 0 Å². The minimum absolute atomic E-state index is 0.115. The van der Waals surface area contributed by atoms with Crippen molar-refractivity contribution < 1.29 is 4.74 Å². The largest absolute Gasteiger partial charge is 0.493 e. The zero-order valence-electron chi connectivity index (χ0n) is 11.8. The molecule has 0 amide bonds. The molecular weight excluding hydrogens is 305 g/mol. The Morgan fingerprint density at radius 1 is 1.19 bits per heavy atom. The zero-order valence-corrected chi connectivity index (χ0v) is 13.3. The first-order valence-electron chi connectivity index (χ1n) is 7.02. The molecule has 0 radical (unpaired) electrons. The number of para-hydroxylation sites is 1. The molecule has 0 fully saturated rings. The summed E-state index contributed by atoms with van der Waals surface area (Å²) >= 11 is 12.5. The molecule has 21 heavy (non-hydrogen) atoms. The number of hydrogen-bond donors (Lipinski definition) is 1. The summed E-state index contributed by atoms with van der Waals surface area (Å²) < 4.78 is 5.89. The van der Waals surface area contributed by atoms with Crippen LogP contribution < -0.4 is 10.1 Å². The lowest BCUT2D eigenvalue weighted by Gasteiger charge is -2.32. The Labute approximate surface area is 135 Å². The smallest absolute Gasteiger partial charge is 0.122 e. The van der Waals surface area contributed by atoms with Gasteiger partial charge in [-0.25, -0.2) is 0 Å². The van der Waals surface area contributed by atoms with Crippen LogP contribution in [-0.2, 0) is 6.42 Å². The van der Waals surface area contributed by atoms with Gasteiger partial charge in [0.25, 0.3) is 0 Å². The second-order valence-corrected chi connectivity index (χ2v) is 6.16. The van der Waals surface area contributed by atoms with Gasteiger partial charge in [0.1, 0.15) is 5.75 Å². The van der Waals surface area contributed by atoms with Crippen molar-refractivity contribution in [2.45, 2.75) is 12.5 Å². The van der Waals surface area contributed by atoms with E-state index in [0.29, 0.717) is 17.5 Å². The van der Waals surface area contributed by atoms with Crippen molar-refractivity contribution >= 4 is 23.2 Å². The molecule has 0 saturated carbocycles. The fourth-order valence-electron chi connectivity index (χ4n) is 2.96. The molecule has 2 atom stereocenters. The first-order chi connectivity index (χ1) is 10.2. The van der Waals surface area contributed by atoms with E-state index in [1.807, 2.05) is 43.4 Å². The second kappa shape index (κ2) is 6.27. The first kappa shape index (κ1) is 14.7. The molecule has 1 aliphatic heterocycles. The van der Waals surface area contributed by atoms with E-state index in [4.69, 9.17) is 27.9 Å². The summed E-state index contributed by atoms with van der Waals surface area (Å²) in [5.41, 5.74) is 2.27. The van der Waals surface area contributed by atoms with Crippen LogP contribution in [0.5, 0.6) is 5.75 Å². The molecule has 1 aliphatic rings. The van der Waals surface area contributed by atoms with Gasteiger partial charge in [0.15, 0.2) is 0 Å². The van der Waals surface area contributed by atoms with E-state index in [1.165, 1.54) is 5.56 Å². The van der Waals surface area contributed by atoms with Gasteiger partial charge in [-0.1, -0.05) is 41.4 Å². The molecule has 0 spiro atoms. The van der Waals surface area contributed by atoms with Crippen LogP contribution in [0, 0.1) is 5.92 Å². The summed E-state index contributed by atoms with van der Waals surface area (Å²) in [5.74, 6) is 1.31. The predicted molar refractivity (Wildman–Crippen MR) is 87.4 cm³/mol. The Bertz CT molecular complexity index is 644. The number of rotatable bonds is 3. The maximum atomic E-state index is 6.35. The lowest BCUT2D eigenvalue weighted by Crippen LogP contribution is -2.33. The third kappa shape index (κ3) is 3.03. The summed E-state index contributed by atoms with van der Waals surface area (Å²) in [6, 6.07) is 13.9. The molecular formula is C17H17Cl2NO. The molecule has 0 aliphatic carbocycles. The van der Waals surface area contributed by atoms with Gasteiger partial charge >= 0.3 is 0 Å². The first-order valence-corrected chi connectivity index (χ1v) is 7.77. The van der Waals surface area contributed by atoms with E-state index in [0.717, 1.165) is 22.8 Å². The lowest BCUT2D eigenvalue weighted by molar-refractivity contribution is 0.188. The van der Waals surface area contributed by atoms with Gasteiger partial charge in [0.2, 0.25) is 0 Å². The average molecular weight is 322 g/mol. The number of nitrogens with one attached hydrogen (secondary N) is 1. The van der Waals surface area contributed by atoms with Crippen LogP contribution in [0.1, 0.15) is 17.2 Å². The molecule has 1 N–H and O–H groups in total. The average Bonchev–Trinajstić information content (AvgIpc) is 2.51. The van der Waals surface area contributed by atoms with E-state index in [2.05, 4.69) is 11.4 Å². The molecule has 2 aromatic carbocycles. The number of benzene rings is 2. The Kier molecular flexibility index (Phi) is 4.39. The maximum Gasteiger partial charge on any atom is 0.122 e. The van der Waals surface area contributed by atoms with Crippen molar-refractivity contribution in [3.63, 3.8) is 0 Å². The number of ether oxygens (including phenoxy) is 1. The van der Waals surface area contributed by atoms with E-state index >= 15 is 0 Å². The third-order valence-corrected chi connectivity index (χ3v) is 4.56. The molecule has 2 unspecified atom stereocenters. The Morgan fingerprint density at radius 3 is 2.81 bits per heavy atom. The van der Waals surface area contributed by atoms with Crippen molar-refractivity contribution in [2.75, 3.05) is 13.7 Å². The Balaban J connectivity index is 1.90. The Morgan fingerprint density at radius 2 is 2.00 bits per heavy atom. The van der Waals surface area contributed by atoms with Gasteiger partial charge in [0, 0.05) is 22.0 Å². The molecule has 0 bridgehead atoms. The van der Waals surface area contributed by atoms with Gasteiger partial charge < -0.3 is 10.1 Å². The summed E-state index contributed by atoms with van der Waals surface area (Å²) in [5, 5.41) is 4.80. The fraction of sp³-hybridized carbons (Fsp3) is 0.294. The topological polar surface area (TPSA) is 21.3 Å². The van der Waals surface area contributed by atoms with Crippen LogP contribution in [0.25, 0.3) is 0 Å². The zero-order chi connectivity index (χ0) is 14.8. The fourth-order valence-corrected chi connectivity index (χ4v) is 3.38. The highest BCUT2D eigenvalue weighted by Gasteiger charge is 2.28. The van der Waals surface area contributed by atoms with Gasteiger partial charge in [-0.3, -0.25) is 0 Å². The minimum atomic E-state index is 0.115. The van der Waals surface area contributed by atoms with Gasteiger partial charge in [-0.05, 0) is 48.9 Å². The Hall–Kier alpha value is -1.22. The number of fused-ring (bicyclic) bond motifs is 1. The standard InChI is InChI=1S/C17H17Cl2NO/c1-20-17(14-9-13(18)6-7-15(14)19)12-8-11-4-2-3-5-16(11)21-10-12/h2-7,9,12,17,20H,8,10H2,1H3. The highest BCUT2D eigenvalue weighted by molar-refractivity contribution is 6.33. The van der Waals surface area contributed by atoms with Gasteiger partial charge in [0.05, 0.1) is 6.61 Å². The van der Waals surface area contributed by atoms with Crippen molar-refractivity contribution in [2.24, 2.45) is 5.92 Å². The number of hydrogen-bond acceptors (Lipinski definition) is 2. The summed E-state index contributed by atoms with van der Waals surface area (Å²) in [4.78, 5) is 0. The van der Waals surface area contributed by atoms with Crippen molar-refractivity contribution in [1.29, 1.82) is 0 Å². The van der Waals surface area contributed by atoms with Crippen LogP contribution in [0.3, 0.4) is 0 Å². The molecule has 2 nitrogen and oxygen atoms in total. The normalized spacial score (nSPS) is 18.7. The molecule has 3 rings (SSSR count). The van der Waals surface area contributed by atoms with E-state index in [9.17, 15) is 0 Å². The van der Waals surface area contributed by atoms with E-state index < -0.39 is 0 Å². The SMILES string of the molecule is CNC(c1cc(Cl)ccc1Cl)C1COc2ccccc2C1. The highest BCUT2D eigenvalue weighted by Crippen LogP contribution is 2.36. The van der Waals surface area contributed by atoms with Crippen molar-refractivity contribution in [3.05, 3.63) is 63.6 Å². The minimum Gasteiger partial charge on any atom is -0.493 e. The van der Waals surface area contributed by atoms with Crippen molar-refractivity contribution in [1.82, 2.24) is 5.32 Å². The van der Waals surface area contributed by atoms with Crippen LogP contribution in [0.2, 0.25) is 10.0 Å². The van der Waals surface area contributed by atoms with Crippen LogP contribution in [0.4, 0.5) is 0 Å². The highest BCUT2D eigenvalue weighted by atomic mass is 35.5. The maximum absolute atomic E-state index is 6.35. The second-order valence-electron chi connectivity index (χ2n) is 5.32. The molecule has 110 valence electrons. The summed E-state index contributed by atoms with van der Waals surface area (Å²) in [6.45, 7) is 0.672. The molecule has 0 saturated heterocycles. The van der Waals surface area contributed by atoms with Crippen LogP contribution >= 0.6 is 23.2 Å². The van der Waals surface area contributed by atoms with E-state index in [-0.39, 0.29) is 6.04 Å². The van der Waals surface area contributed by atoms with Crippen LogP contribution in [0.15, 0.2) is 42.5 Å². The molecule has 4 heteroatoms. The van der Waals surface area contributed by atoms with Gasteiger partial charge in [-0.2, -0.15) is 0 Å².